The van der Waals surface area contributed by atoms with E-state index >= 15 is 0 Å². The lowest BCUT2D eigenvalue weighted by Crippen LogP contribution is -2.63. The van der Waals surface area contributed by atoms with E-state index in [0.717, 1.165) is 17.7 Å². The monoisotopic (exact) mass is 908 g/mol. The van der Waals surface area contributed by atoms with Gasteiger partial charge in [0.05, 0.1) is 62.0 Å². The number of ether oxygens (including phenoxy) is 7. The van der Waals surface area contributed by atoms with Crippen LogP contribution in [0.2, 0.25) is 10.0 Å². The molecule has 4 aliphatic heterocycles. The molecule has 2 amide bonds. The van der Waals surface area contributed by atoms with Crippen LogP contribution in [0.5, 0.6) is 17.2 Å². The van der Waals surface area contributed by atoms with E-state index in [1.165, 1.54) is 38.4 Å². The van der Waals surface area contributed by atoms with Crippen LogP contribution in [0.4, 0.5) is 0 Å². The quantitative estimate of drug-likeness (QED) is 0.231. The molecule has 1 N–H and O–H groups in total. The van der Waals surface area contributed by atoms with E-state index in [2.05, 4.69) is 10.3 Å². The molecular weight excluding hydrogens is 859 g/mol. The highest BCUT2D eigenvalue weighted by atomic mass is 35.5. The van der Waals surface area contributed by atoms with E-state index in [1.807, 2.05) is 30.3 Å². The van der Waals surface area contributed by atoms with Crippen LogP contribution in [-0.2, 0) is 49.0 Å². The lowest BCUT2D eigenvalue weighted by atomic mass is 9.71. The molecule has 0 aliphatic carbocycles. The number of methoxy groups -OCH3 is 3. The Morgan fingerprint density at radius 1 is 0.810 bits per heavy atom. The molecule has 18 heteroatoms. The Morgan fingerprint density at radius 2 is 1.48 bits per heavy atom. The first-order valence-corrected chi connectivity index (χ1v) is 21.4. The summed E-state index contributed by atoms with van der Waals surface area (Å²) in [4.78, 5) is 72.4. The molecule has 0 radical (unpaired) electrons. The highest BCUT2D eigenvalue weighted by Gasteiger charge is 2.68. The molecule has 4 heterocycles. The van der Waals surface area contributed by atoms with Crippen molar-refractivity contribution in [3.63, 3.8) is 0 Å². The fourth-order valence-corrected chi connectivity index (χ4v) is 9.40. The second-order valence-corrected chi connectivity index (χ2v) is 16.4. The Labute approximate surface area is 375 Å². The SMILES string of the molecule is CCOC(=O)[C@H]1CN(NC(=O)C2(c3ccccc3)CCN(CC[C@]3(c4ccc(Cl)c(Cl)c4)CCN(C(=O)c4cc(OC)c(OC)c(OC)c4)C34OC(=O)C=CC(=O)O4)CC2)CCO1. The highest BCUT2D eigenvalue weighted by molar-refractivity contribution is 6.42. The molecule has 3 saturated heterocycles. The van der Waals surface area contributed by atoms with Gasteiger partial charge in [-0.05, 0) is 87.6 Å². The first-order chi connectivity index (χ1) is 30.3. The standard InChI is InChI=1S/C45H50Cl2N4O12/c1-5-60-41(55)36-28-50(23-24-61-36)48-42(56)43(30-9-7-6-8-10-30)15-19-49(20-16-43)21-17-44(31-11-12-32(46)33(47)27-31)18-22-51(45(44)62-37(52)13-14-38(53)63-45)40(54)29-25-34(57-2)39(59-4)35(26-29)58-3/h6-14,25-27,36H,5,15-24,28H2,1-4H3,(H,48,56)/t36-,44-/m1/s1. The number of amides is 2. The molecule has 1 spiro atoms. The van der Waals surface area contributed by atoms with Gasteiger partial charge in [0.25, 0.3) is 5.91 Å². The number of benzene rings is 3. The van der Waals surface area contributed by atoms with Gasteiger partial charge in [-0.15, -0.1) is 0 Å². The van der Waals surface area contributed by atoms with E-state index in [-0.39, 0.29) is 77.9 Å². The zero-order valence-electron chi connectivity index (χ0n) is 35.5. The minimum absolute atomic E-state index is 0.0217. The maximum atomic E-state index is 14.9. The van der Waals surface area contributed by atoms with Gasteiger partial charge in [0.15, 0.2) is 17.6 Å². The summed E-state index contributed by atoms with van der Waals surface area (Å²) in [6, 6.07) is 17.5. The number of nitrogens with one attached hydrogen (secondary N) is 1. The summed E-state index contributed by atoms with van der Waals surface area (Å²) in [6.45, 7) is 3.98. The summed E-state index contributed by atoms with van der Waals surface area (Å²) in [5, 5.41) is 2.18. The van der Waals surface area contributed by atoms with Crippen molar-refractivity contribution in [1.29, 1.82) is 0 Å². The molecule has 3 aromatic carbocycles. The zero-order chi connectivity index (χ0) is 44.9. The number of piperidine rings is 1. The lowest BCUT2D eigenvalue weighted by molar-refractivity contribution is -0.284. The third kappa shape index (κ3) is 8.79. The molecule has 3 aromatic rings. The van der Waals surface area contributed by atoms with E-state index < -0.39 is 46.7 Å². The van der Waals surface area contributed by atoms with Crippen LogP contribution in [-0.4, -0.2) is 130 Å². The maximum Gasteiger partial charge on any atom is 0.355 e. The van der Waals surface area contributed by atoms with Crippen molar-refractivity contribution in [2.75, 3.05) is 73.8 Å². The van der Waals surface area contributed by atoms with E-state index in [1.54, 1.807) is 30.1 Å². The highest BCUT2D eigenvalue weighted by Crippen LogP contribution is 2.54. The molecule has 7 rings (SSSR count). The molecule has 2 atom stereocenters. The molecule has 0 saturated carbocycles. The predicted octanol–water partition coefficient (Wildman–Crippen LogP) is 4.83. The third-order valence-electron chi connectivity index (χ3n) is 12.4. The summed E-state index contributed by atoms with van der Waals surface area (Å²) < 4.78 is 39.8. The topological polar surface area (TPSA) is 172 Å². The van der Waals surface area contributed by atoms with Crippen LogP contribution in [0, 0.1) is 0 Å². The van der Waals surface area contributed by atoms with E-state index in [9.17, 15) is 24.0 Å². The molecule has 0 unspecified atom stereocenters. The number of halogens is 2. The number of nitrogens with zero attached hydrogens (tertiary/aromatic N) is 3. The molecule has 63 heavy (non-hydrogen) atoms. The summed E-state index contributed by atoms with van der Waals surface area (Å²) in [6.07, 6.45) is 2.31. The number of hydrazine groups is 1. The smallest absolute Gasteiger partial charge is 0.355 e. The van der Waals surface area contributed by atoms with Crippen LogP contribution >= 0.6 is 23.2 Å². The summed E-state index contributed by atoms with van der Waals surface area (Å²) in [5.41, 5.74) is 2.22. The van der Waals surface area contributed by atoms with Gasteiger partial charge in [0, 0.05) is 30.8 Å². The number of likely N-dealkylation sites (tertiary alicyclic amines) is 2. The number of esters is 3. The average molecular weight is 910 g/mol. The molecule has 0 bridgehead atoms. The number of hydrogen-bond acceptors (Lipinski definition) is 14. The van der Waals surface area contributed by atoms with Crippen molar-refractivity contribution >= 4 is 52.9 Å². The fourth-order valence-electron chi connectivity index (χ4n) is 9.10. The average Bonchev–Trinajstić information content (AvgIpc) is 3.51. The van der Waals surface area contributed by atoms with Gasteiger partial charge in [-0.1, -0.05) is 59.6 Å². The summed E-state index contributed by atoms with van der Waals surface area (Å²) in [5.74, 6) is -4.79. The Bertz CT molecular complexity index is 2210. The van der Waals surface area contributed by atoms with Crippen molar-refractivity contribution in [2.24, 2.45) is 0 Å². The van der Waals surface area contributed by atoms with Crippen LogP contribution in [0.3, 0.4) is 0 Å². The van der Waals surface area contributed by atoms with Gasteiger partial charge in [0.2, 0.25) is 11.7 Å². The van der Waals surface area contributed by atoms with Crippen molar-refractivity contribution in [2.45, 2.75) is 55.5 Å². The Hall–Kier alpha value is -5.39. The van der Waals surface area contributed by atoms with Gasteiger partial charge in [0.1, 0.15) is 0 Å². The van der Waals surface area contributed by atoms with Gasteiger partial charge in [-0.25, -0.2) is 19.4 Å². The number of morpholine rings is 1. The van der Waals surface area contributed by atoms with Gasteiger partial charge >= 0.3 is 23.8 Å². The van der Waals surface area contributed by atoms with Crippen LogP contribution in [0.15, 0.2) is 72.8 Å². The van der Waals surface area contributed by atoms with Crippen molar-refractivity contribution in [3.8, 4) is 17.2 Å². The lowest BCUT2D eigenvalue weighted by Gasteiger charge is -2.47. The van der Waals surface area contributed by atoms with Gasteiger partial charge in [-0.3, -0.25) is 19.9 Å². The van der Waals surface area contributed by atoms with E-state index in [4.69, 9.17) is 56.4 Å². The predicted molar refractivity (Wildman–Crippen MR) is 228 cm³/mol. The van der Waals surface area contributed by atoms with E-state index in [0.29, 0.717) is 44.6 Å². The number of rotatable bonds is 13. The number of hydrogen-bond donors (Lipinski definition) is 1. The first-order valence-electron chi connectivity index (χ1n) is 20.7. The first kappa shape index (κ1) is 45.6. The maximum absolute atomic E-state index is 14.9. The minimum Gasteiger partial charge on any atom is -0.493 e. The molecule has 336 valence electrons. The molecule has 0 aromatic heterocycles. The molecule has 16 nitrogen and oxygen atoms in total. The normalized spacial score (nSPS) is 22.1. The summed E-state index contributed by atoms with van der Waals surface area (Å²) in [7, 11) is 4.28. The van der Waals surface area contributed by atoms with Crippen molar-refractivity contribution in [1.82, 2.24) is 20.2 Å². The number of carbonyl (C=O) groups excluding carboxylic acids is 5. The Balaban J connectivity index is 1.21. The third-order valence-corrected chi connectivity index (χ3v) is 13.1. The Kier molecular flexibility index (Phi) is 13.9. The largest absolute Gasteiger partial charge is 0.493 e. The zero-order valence-corrected chi connectivity index (χ0v) is 37.0. The van der Waals surface area contributed by atoms with Gasteiger partial charge < -0.3 is 38.1 Å². The van der Waals surface area contributed by atoms with Gasteiger partial charge in [-0.2, -0.15) is 0 Å². The second kappa shape index (κ2) is 19.2. The van der Waals surface area contributed by atoms with Crippen LogP contribution in [0.25, 0.3) is 0 Å². The minimum atomic E-state index is -2.32. The Morgan fingerprint density at radius 3 is 2.08 bits per heavy atom. The fraction of sp³-hybridized carbons (Fsp3) is 0.444. The summed E-state index contributed by atoms with van der Waals surface area (Å²) >= 11 is 13.1. The van der Waals surface area contributed by atoms with Crippen molar-refractivity contribution in [3.05, 3.63) is 99.6 Å². The molecular formula is C45H50Cl2N4O12. The number of carbonyl (C=O) groups is 5. The molecule has 4 aliphatic rings. The molecule has 3 fully saturated rings. The second-order valence-electron chi connectivity index (χ2n) is 15.6. The van der Waals surface area contributed by atoms with Crippen molar-refractivity contribution < 1.29 is 57.1 Å². The van der Waals surface area contributed by atoms with Crippen LogP contribution in [0.1, 0.15) is 54.1 Å². The van der Waals surface area contributed by atoms with Crippen LogP contribution < -0.4 is 19.6 Å².